The number of hydrogen-bond donors (Lipinski definition) is 0. The number of halogens is 2. The van der Waals surface area contributed by atoms with Crippen LogP contribution < -0.4 is 10.2 Å². The van der Waals surface area contributed by atoms with Crippen molar-refractivity contribution in [2.75, 3.05) is 14.2 Å². The molecule has 0 aliphatic carbocycles. The van der Waals surface area contributed by atoms with E-state index in [1.54, 1.807) is 31.5 Å². The second-order valence-corrected chi connectivity index (χ2v) is 12.3. The number of ether oxygens (including phenoxy) is 1. The highest BCUT2D eigenvalue weighted by molar-refractivity contribution is 7.22. The minimum absolute atomic E-state index is 0. The van der Waals surface area contributed by atoms with Crippen molar-refractivity contribution in [3.8, 4) is 16.2 Å². The van der Waals surface area contributed by atoms with Gasteiger partial charge in [0.15, 0.2) is 5.78 Å². The molecule has 0 saturated heterocycles. The Hall–Kier alpha value is -3.78. The summed E-state index contributed by atoms with van der Waals surface area (Å²) in [4.78, 5) is 31.7. The van der Waals surface area contributed by atoms with Gasteiger partial charge in [-0.25, -0.2) is 4.39 Å². The first-order valence-electron chi connectivity index (χ1n) is 15.2. The number of pyridine rings is 1. The SMILES string of the molecule is CCCCCCC(=O)c1cn(Cc2ccccc2F)c2sc(-c3ccc(OC)cc3)c(CN(C)Cc3ccccc3)c2c1=O.Cl. The number of rotatable bonds is 14. The molecule has 0 aliphatic heterocycles. The van der Waals surface area contributed by atoms with Crippen molar-refractivity contribution >= 4 is 39.7 Å². The molecule has 0 bridgehead atoms. The Labute approximate surface area is 274 Å². The fraction of sp³-hybridized carbons (Fsp3) is 0.297. The zero-order valence-corrected chi connectivity index (χ0v) is 27.7. The fourth-order valence-corrected chi connectivity index (χ4v) is 6.91. The van der Waals surface area contributed by atoms with Crippen LogP contribution in [0, 0.1) is 5.82 Å². The molecule has 5 rings (SSSR count). The monoisotopic (exact) mass is 646 g/mol. The number of thiophene rings is 1. The number of methoxy groups -OCH3 is 1. The number of aromatic nitrogens is 1. The molecule has 0 N–H and O–H groups in total. The molecule has 45 heavy (non-hydrogen) atoms. The molecule has 0 amide bonds. The number of hydrogen-bond acceptors (Lipinski definition) is 5. The summed E-state index contributed by atoms with van der Waals surface area (Å²) in [7, 11) is 3.67. The first-order valence-corrected chi connectivity index (χ1v) is 16.0. The van der Waals surface area contributed by atoms with Crippen molar-refractivity contribution in [1.29, 1.82) is 0 Å². The van der Waals surface area contributed by atoms with Gasteiger partial charge in [0.1, 0.15) is 16.4 Å². The molecule has 0 aliphatic rings. The Morgan fingerprint density at radius 2 is 1.64 bits per heavy atom. The maximum atomic E-state index is 14.9. The predicted octanol–water partition coefficient (Wildman–Crippen LogP) is 9.13. The molecule has 0 saturated carbocycles. The normalized spacial score (nSPS) is 11.1. The first kappa shape index (κ1) is 34.1. The van der Waals surface area contributed by atoms with Gasteiger partial charge in [0.25, 0.3) is 0 Å². The molecular formula is C37H40ClFN2O3S. The molecule has 2 heterocycles. The molecule has 5 nitrogen and oxygen atoms in total. The Morgan fingerprint density at radius 3 is 2.33 bits per heavy atom. The van der Waals surface area contributed by atoms with Crippen LogP contribution in [0.25, 0.3) is 20.7 Å². The molecule has 3 aromatic carbocycles. The first-order chi connectivity index (χ1) is 21.4. The lowest BCUT2D eigenvalue weighted by Crippen LogP contribution is -2.22. The largest absolute Gasteiger partial charge is 0.497 e. The molecule has 0 fully saturated rings. The molecular weight excluding hydrogens is 607 g/mol. The lowest BCUT2D eigenvalue weighted by molar-refractivity contribution is 0.0977. The Bertz CT molecular complexity index is 1780. The summed E-state index contributed by atoms with van der Waals surface area (Å²) in [6, 6.07) is 24.7. The topological polar surface area (TPSA) is 51.5 Å². The van der Waals surface area contributed by atoms with E-state index in [2.05, 4.69) is 24.0 Å². The van der Waals surface area contributed by atoms with E-state index in [-0.39, 0.29) is 41.5 Å². The number of carbonyl (C=O) groups is 1. The van der Waals surface area contributed by atoms with E-state index in [1.165, 1.54) is 23.0 Å². The van der Waals surface area contributed by atoms with Gasteiger partial charge in [0, 0.05) is 36.1 Å². The number of Topliss-reactive ketones (excluding diaryl/α,β-unsaturated/α-hetero) is 1. The number of unbranched alkanes of at least 4 members (excludes halogenated alkanes) is 3. The van der Waals surface area contributed by atoms with Gasteiger partial charge in [0.2, 0.25) is 5.43 Å². The molecule has 236 valence electrons. The maximum absolute atomic E-state index is 14.9. The van der Waals surface area contributed by atoms with E-state index in [9.17, 15) is 14.0 Å². The van der Waals surface area contributed by atoms with Crippen LogP contribution in [0.2, 0.25) is 0 Å². The van der Waals surface area contributed by atoms with E-state index in [0.717, 1.165) is 52.3 Å². The molecule has 8 heteroatoms. The summed E-state index contributed by atoms with van der Waals surface area (Å²) >= 11 is 1.51. The number of carbonyl (C=O) groups excluding carboxylic acids is 1. The van der Waals surface area contributed by atoms with E-state index < -0.39 is 0 Å². The van der Waals surface area contributed by atoms with Crippen LogP contribution in [0.4, 0.5) is 4.39 Å². The highest BCUT2D eigenvalue weighted by atomic mass is 35.5. The van der Waals surface area contributed by atoms with Crippen molar-refractivity contribution < 1.29 is 13.9 Å². The zero-order chi connectivity index (χ0) is 31.1. The number of fused-ring (bicyclic) bond motifs is 1. The van der Waals surface area contributed by atoms with E-state index in [4.69, 9.17) is 4.74 Å². The van der Waals surface area contributed by atoms with Gasteiger partial charge < -0.3 is 9.30 Å². The van der Waals surface area contributed by atoms with Gasteiger partial charge in [-0.2, -0.15) is 0 Å². The van der Waals surface area contributed by atoms with E-state index in [0.29, 0.717) is 30.5 Å². The average Bonchev–Trinajstić information content (AvgIpc) is 3.41. The summed E-state index contributed by atoms with van der Waals surface area (Å²) in [6.07, 6.45) is 5.79. The van der Waals surface area contributed by atoms with Crippen LogP contribution in [-0.4, -0.2) is 29.4 Å². The molecule has 5 aromatic rings. The van der Waals surface area contributed by atoms with Gasteiger partial charge in [-0.15, -0.1) is 23.7 Å². The summed E-state index contributed by atoms with van der Waals surface area (Å²) in [6.45, 7) is 3.53. The number of benzene rings is 3. The van der Waals surface area contributed by atoms with Gasteiger partial charge in [0.05, 0.1) is 24.6 Å². The highest BCUT2D eigenvalue weighted by Crippen LogP contribution is 2.39. The number of ketones is 1. The quantitative estimate of drug-likeness (QED) is 0.0892. The number of nitrogens with zero attached hydrogens (tertiary/aromatic N) is 2. The zero-order valence-electron chi connectivity index (χ0n) is 26.1. The van der Waals surface area contributed by atoms with Crippen LogP contribution in [0.15, 0.2) is 89.9 Å². The third-order valence-corrected chi connectivity index (χ3v) is 9.26. The van der Waals surface area contributed by atoms with Gasteiger partial charge in [-0.05, 0) is 60.5 Å². The minimum Gasteiger partial charge on any atom is -0.497 e. The van der Waals surface area contributed by atoms with Gasteiger partial charge >= 0.3 is 0 Å². The van der Waals surface area contributed by atoms with Crippen LogP contribution >= 0.6 is 23.7 Å². The average molecular weight is 647 g/mol. The fourth-order valence-electron chi connectivity index (χ4n) is 5.62. The van der Waals surface area contributed by atoms with E-state index in [1.807, 2.05) is 54.1 Å². The van der Waals surface area contributed by atoms with Crippen molar-refractivity contribution in [2.24, 2.45) is 0 Å². The maximum Gasteiger partial charge on any atom is 0.201 e. The van der Waals surface area contributed by atoms with Crippen molar-refractivity contribution in [2.45, 2.75) is 58.7 Å². The highest BCUT2D eigenvalue weighted by Gasteiger charge is 2.24. The Kier molecular flexibility index (Phi) is 12.1. The predicted molar refractivity (Wildman–Crippen MR) is 186 cm³/mol. The van der Waals surface area contributed by atoms with Crippen molar-refractivity contribution in [3.63, 3.8) is 0 Å². The van der Waals surface area contributed by atoms with Crippen LogP contribution in [0.1, 0.15) is 66.1 Å². The second-order valence-electron chi connectivity index (χ2n) is 11.3. The summed E-state index contributed by atoms with van der Waals surface area (Å²) in [5.74, 6) is 0.269. The molecule has 0 radical (unpaired) electrons. The van der Waals surface area contributed by atoms with Crippen molar-refractivity contribution in [3.05, 3.63) is 123 Å². The van der Waals surface area contributed by atoms with Crippen LogP contribution in [-0.2, 0) is 19.6 Å². The third-order valence-electron chi connectivity index (χ3n) is 7.94. The van der Waals surface area contributed by atoms with Gasteiger partial charge in [-0.3, -0.25) is 14.5 Å². The molecule has 0 spiro atoms. The summed E-state index contributed by atoms with van der Waals surface area (Å²) in [5.41, 5.74) is 3.43. The van der Waals surface area contributed by atoms with Crippen LogP contribution in [0.3, 0.4) is 0 Å². The Balaban J connectivity index is 0.00000461. The summed E-state index contributed by atoms with van der Waals surface area (Å²) in [5, 5.41) is 0.538. The lowest BCUT2D eigenvalue weighted by Gasteiger charge is -2.18. The lowest BCUT2D eigenvalue weighted by atomic mass is 10.0. The molecule has 0 unspecified atom stereocenters. The van der Waals surface area contributed by atoms with Crippen LogP contribution in [0.5, 0.6) is 5.75 Å². The Morgan fingerprint density at radius 1 is 0.933 bits per heavy atom. The molecule has 2 aromatic heterocycles. The second kappa shape index (κ2) is 16.0. The van der Waals surface area contributed by atoms with E-state index >= 15 is 0 Å². The molecule has 0 atom stereocenters. The minimum atomic E-state index is -0.318. The third kappa shape index (κ3) is 8.09. The standard InChI is InChI=1S/C37H39FN2O3S.ClH/c1-4-5-6-10-17-33(41)30-25-40(23-28-15-11-12-16-32(28)38)37-34(35(30)42)31(24-39(2)22-26-13-8-7-9-14-26)36(44-37)27-18-20-29(43-3)21-19-27;/h7-9,11-16,18-21,25H,4-6,10,17,22-24H2,1-3H3;1H. The van der Waals surface area contributed by atoms with Gasteiger partial charge in [-0.1, -0.05) is 74.7 Å². The summed E-state index contributed by atoms with van der Waals surface area (Å²) < 4.78 is 22.2. The van der Waals surface area contributed by atoms with Crippen molar-refractivity contribution in [1.82, 2.24) is 9.47 Å². The smallest absolute Gasteiger partial charge is 0.201 e.